The van der Waals surface area contributed by atoms with E-state index < -0.39 is 0 Å². The Hall–Kier alpha value is -1.09. The summed E-state index contributed by atoms with van der Waals surface area (Å²) in [4.78, 5) is 4.14. The minimum absolute atomic E-state index is 1.04. The van der Waals surface area contributed by atoms with Gasteiger partial charge in [0, 0.05) is 29.5 Å². The van der Waals surface area contributed by atoms with Crippen LogP contribution in [0.2, 0.25) is 0 Å². The van der Waals surface area contributed by atoms with Crippen molar-refractivity contribution in [3.63, 3.8) is 0 Å². The molecule has 0 saturated heterocycles. The Morgan fingerprint density at radius 2 is 2.40 bits per heavy atom. The summed E-state index contributed by atoms with van der Waals surface area (Å²) in [5.74, 6) is 0. The molecule has 2 rings (SSSR count). The van der Waals surface area contributed by atoms with Gasteiger partial charge in [-0.15, -0.1) is 11.3 Å². The SMILES string of the molecule is C1=CC(c2nccs2)=C[N]1. The lowest BCUT2D eigenvalue weighted by Crippen LogP contribution is -1.75. The molecule has 1 aromatic heterocycles. The van der Waals surface area contributed by atoms with Gasteiger partial charge in [-0.2, -0.15) is 0 Å². The highest BCUT2D eigenvalue weighted by Gasteiger charge is 2.02. The van der Waals surface area contributed by atoms with Crippen molar-refractivity contribution in [3.05, 3.63) is 35.1 Å². The van der Waals surface area contributed by atoms with Gasteiger partial charge in [0.25, 0.3) is 0 Å². The van der Waals surface area contributed by atoms with Crippen molar-refractivity contribution in [2.45, 2.75) is 0 Å². The van der Waals surface area contributed by atoms with Gasteiger partial charge in [-0.05, 0) is 6.08 Å². The molecule has 0 spiro atoms. The largest absolute Gasteiger partial charge is 0.264 e. The second-order valence-corrected chi connectivity index (χ2v) is 2.78. The van der Waals surface area contributed by atoms with Crippen LogP contribution in [0, 0.1) is 0 Å². The van der Waals surface area contributed by atoms with Crippen LogP contribution in [-0.4, -0.2) is 4.98 Å². The van der Waals surface area contributed by atoms with Gasteiger partial charge in [0.15, 0.2) is 0 Å². The Bertz CT molecular complexity index is 272. The second-order valence-electron chi connectivity index (χ2n) is 1.89. The van der Waals surface area contributed by atoms with Crippen LogP contribution >= 0.6 is 11.3 Å². The molecule has 10 heavy (non-hydrogen) atoms. The summed E-state index contributed by atoms with van der Waals surface area (Å²) in [7, 11) is 0. The maximum absolute atomic E-state index is 4.14. The van der Waals surface area contributed by atoms with Crippen molar-refractivity contribution in [2.24, 2.45) is 0 Å². The number of aromatic nitrogens is 1. The van der Waals surface area contributed by atoms with Crippen molar-refractivity contribution < 1.29 is 0 Å². The zero-order valence-corrected chi connectivity index (χ0v) is 6.01. The quantitative estimate of drug-likeness (QED) is 0.596. The predicted molar refractivity (Wildman–Crippen MR) is 41.4 cm³/mol. The first kappa shape index (κ1) is 5.68. The number of rotatable bonds is 1. The molecule has 0 bridgehead atoms. The molecular weight excluding hydrogens is 144 g/mol. The molecule has 2 heterocycles. The fourth-order valence-corrected chi connectivity index (χ4v) is 1.41. The molecule has 0 saturated carbocycles. The second kappa shape index (κ2) is 2.27. The zero-order valence-electron chi connectivity index (χ0n) is 5.19. The average molecular weight is 149 g/mol. The maximum Gasteiger partial charge on any atom is 0.124 e. The number of allylic oxidation sites excluding steroid dienone is 2. The van der Waals surface area contributed by atoms with Crippen LogP contribution in [0.4, 0.5) is 0 Å². The third-order valence-corrected chi connectivity index (χ3v) is 2.06. The molecular formula is C7H5N2S. The number of hydrogen-bond donors (Lipinski definition) is 0. The van der Waals surface area contributed by atoms with E-state index in [4.69, 9.17) is 0 Å². The summed E-state index contributed by atoms with van der Waals surface area (Å²) in [5, 5.41) is 6.94. The van der Waals surface area contributed by atoms with E-state index in [9.17, 15) is 0 Å². The van der Waals surface area contributed by atoms with Gasteiger partial charge in [0.1, 0.15) is 5.01 Å². The number of hydrogen-bond acceptors (Lipinski definition) is 2. The van der Waals surface area contributed by atoms with Gasteiger partial charge in [-0.3, -0.25) is 5.32 Å². The Labute approximate surface area is 62.9 Å². The number of nitrogens with zero attached hydrogens (tertiary/aromatic N) is 2. The number of thiazole rings is 1. The van der Waals surface area contributed by atoms with E-state index in [1.54, 1.807) is 23.7 Å². The van der Waals surface area contributed by atoms with Crippen molar-refractivity contribution in [1.29, 1.82) is 0 Å². The van der Waals surface area contributed by atoms with Gasteiger partial charge in [0.2, 0.25) is 0 Å². The molecule has 3 heteroatoms. The Balaban J connectivity index is 2.36. The fourth-order valence-electron chi connectivity index (χ4n) is 0.782. The molecule has 0 aromatic carbocycles. The molecule has 0 atom stereocenters. The van der Waals surface area contributed by atoms with Crippen LogP contribution in [0.1, 0.15) is 5.01 Å². The molecule has 1 aromatic rings. The van der Waals surface area contributed by atoms with Crippen molar-refractivity contribution in [3.8, 4) is 0 Å². The zero-order chi connectivity index (χ0) is 6.81. The van der Waals surface area contributed by atoms with Crippen molar-refractivity contribution >= 4 is 16.9 Å². The monoisotopic (exact) mass is 149 g/mol. The molecule has 2 nitrogen and oxygen atoms in total. The van der Waals surface area contributed by atoms with Gasteiger partial charge in [-0.25, -0.2) is 4.98 Å². The summed E-state index contributed by atoms with van der Waals surface area (Å²) in [6.45, 7) is 0. The van der Waals surface area contributed by atoms with Gasteiger partial charge in [0.05, 0.1) is 0 Å². The van der Waals surface area contributed by atoms with Gasteiger partial charge < -0.3 is 0 Å². The Kier molecular flexibility index (Phi) is 1.29. The molecule has 49 valence electrons. The first-order chi connectivity index (χ1) is 4.97. The highest BCUT2D eigenvalue weighted by Crippen LogP contribution is 2.19. The smallest absolute Gasteiger partial charge is 0.124 e. The summed E-state index contributed by atoms with van der Waals surface area (Å²) in [6.07, 6.45) is 7.35. The van der Waals surface area contributed by atoms with Crippen LogP contribution in [0.5, 0.6) is 0 Å². The van der Waals surface area contributed by atoms with Crippen LogP contribution in [0.15, 0.2) is 30.1 Å². The van der Waals surface area contributed by atoms with Crippen molar-refractivity contribution in [1.82, 2.24) is 10.3 Å². The lowest BCUT2D eigenvalue weighted by Gasteiger charge is -1.86. The molecule has 0 aliphatic carbocycles. The van der Waals surface area contributed by atoms with Crippen LogP contribution in [0.25, 0.3) is 5.57 Å². The highest BCUT2D eigenvalue weighted by molar-refractivity contribution is 7.10. The minimum Gasteiger partial charge on any atom is -0.264 e. The standard InChI is InChI=1S/C7H5N2S/c1-2-8-5-6(1)7-9-3-4-10-7/h1-5H. The Morgan fingerprint density at radius 1 is 1.40 bits per heavy atom. The Morgan fingerprint density at radius 3 is 3.00 bits per heavy atom. The van der Waals surface area contributed by atoms with E-state index in [1.165, 1.54) is 0 Å². The molecule has 0 N–H and O–H groups in total. The molecule has 0 fully saturated rings. The van der Waals surface area contributed by atoms with E-state index in [0.717, 1.165) is 10.6 Å². The van der Waals surface area contributed by atoms with E-state index in [0.29, 0.717) is 0 Å². The van der Waals surface area contributed by atoms with E-state index in [1.807, 2.05) is 17.7 Å². The minimum atomic E-state index is 1.04. The molecule has 1 radical (unpaired) electrons. The average Bonchev–Trinajstić information content (AvgIpc) is 2.59. The third-order valence-electron chi connectivity index (χ3n) is 1.23. The van der Waals surface area contributed by atoms with Crippen LogP contribution < -0.4 is 5.32 Å². The molecule has 0 unspecified atom stereocenters. The van der Waals surface area contributed by atoms with Gasteiger partial charge in [-0.1, -0.05) is 0 Å². The highest BCUT2D eigenvalue weighted by atomic mass is 32.1. The third kappa shape index (κ3) is 0.844. The van der Waals surface area contributed by atoms with E-state index in [2.05, 4.69) is 10.3 Å². The molecule has 0 amide bonds. The first-order valence-electron chi connectivity index (χ1n) is 2.93. The van der Waals surface area contributed by atoms with E-state index in [-0.39, 0.29) is 0 Å². The summed E-state index contributed by atoms with van der Waals surface area (Å²) >= 11 is 1.63. The molecule has 1 aliphatic heterocycles. The van der Waals surface area contributed by atoms with Gasteiger partial charge >= 0.3 is 0 Å². The fraction of sp³-hybridized carbons (Fsp3) is 0. The predicted octanol–water partition coefficient (Wildman–Crippen LogP) is 1.62. The first-order valence-corrected chi connectivity index (χ1v) is 3.81. The summed E-state index contributed by atoms with van der Waals surface area (Å²) < 4.78 is 0. The normalized spacial score (nSPS) is 15.0. The summed E-state index contributed by atoms with van der Waals surface area (Å²) in [6, 6.07) is 0. The topological polar surface area (TPSA) is 27.0 Å². The maximum atomic E-state index is 4.14. The van der Waals surface area contributed by atoms with Crippen LogP contribution in [-0.2, 0) is 0 Å². The summed E-state index contributed by atoms with van der Waals surface area (Å²) in [5.41, 5.74) is 1.11. The lowest BCUT2D eigenvalue weighted by molar-refractivity contribution is 1.21. The van der Waals surface area contributed by atoms with Crippen LogP contribution in [0.3, 0.4) is 0 Å². The van der Waals surface area contributed by atoms with Crippen molar-refractivity contribution in [2.75, 3.05) is 0 Å². The lowest BCUT2D eigenvalue weighted by atomic mass is 10.3. The van der Waals surface area contributed by atoms with E-state index >= 15 is 0 Å². The molecule has 1 aliphatic rings.